The van der Waals surface area contributed by atoms with Crippen molar-refractivity contribution in [2.24, 2.45) is 5.92 Å². The molecule has 1 amide bonds. The zero-order chi connectivity index (χ0) is 21.3. The number of anilines is 1. The zero-order valence-electron chi connectivity index (χ0n) is 17.1. The van der Waals surface area contributed by atoms with Crippen molar-refractivity contribution in [1.29, 1.82) is 0 Å². The van der Waals surface area contributed by atoms with Gasteiger partial charge in [-0.15, -0.1) is 0 Å². The highest BCUT2D eigenvalue weighted by Crippen LogP contribution is 2.48. The van der Waals surface area contributed by atoms with Gasteiger partial charge in [-0.1, -0.05) is 18.2 Å². The van der Waals surface area contributed by atoms with E-state index in [4.69, 9.17) is 9.47 Å². The van der Waals surface area contributed by atoms with Gasteiger partial charge in [0.25, 0.3) is 5.92 Å². The summed E-state index contributed by atoms with van der Waals surface area (Å²) < 4.78 is 37.5. The molecule has 1 N–H and O–H groups in total. The van der Waals surface area contributed by atoms with Gasteiger partial charge in [-0.05, 0) is 36.8 Å². The molecular weight excluding hydrogens is 390 g/mol. The molecule has 0 bridgehead atoms. The topological polar surface area (TPSA) is 50.8 Å². The predicted molar refractivity (Wildman–Crippen MR) is 110 cm³/mol. The molecule has 1 aliphatic carbocycles. The standard InChI is InChI=1S/C23H26F2N2O3/c1-15(26-16(2)28)17-6-8-20(9-7-17)30-22-12-27(13-22)19-4-3-5-21(10-19)29-14-18-11-23(18,24)25/h3-10,15,18,22H,11-14H2,1-2H3,(H,26,28)/t15-,18?/m0/s1. The molecule has 7 heteroatoms. The Kier molecular flexibility index (Phi) is 5.54. The Labute approximate surface area is 175 Å². The van der Waals surface area contributed by atoms with Crippen LogP contribution >= 0.6 is 0 Å². The molecule has 30 heavy (non-hydrogen) atoms. The first kappa shape index (κ1) is 20.4. The molecule has 1 unspecified atom stereocenters. The van der Waals surface area contributed by atoms with Crippen molar-refractivity contribution in [2.45, 2.75) is 38.3 Å². The molecule has 0 spiro atoms. The molecule has 2 aliphatic rings. The molecule has 2 aromatic carbocycles. The molecule has 1 aliphatic heterocycles. The maximum Gasteiger partial charge on any atom is 0.255 e. The number of carbonyl (C=O) groups excluding carboxylic acids is 1. The SMILES string of the molecule is CC(=O)N[C@@H](C)c1ccc(OC2CN(c3cccc(OCC4CC4(F)F)c3)C2)cc1. The highest BCUT2D eigenvalue weighted by atomic mass is 19.3. The summed E-state index contributed by atoms with van der Waals surface area (Å²) in [7, 11) is 0. The Morgan fingerprint density at radius 1 is 1.20 bits per heavy atom. The van der Waals surface area contributed by atoms with Gasteiger partial charge in [0.1, 0.15) is 17.6 Å². The van der Waals surface area contributed by atoms with Gasteiger partial charge in [0, 0.05) is 25.1 Å². The highest BCUT2D eigenvalue weighted by Gasteiger charge is 2.57. The third kappa shape index (κ3) is 4.83. The molecule has 2 aromatic rings. The van der Waals surface area contributed by atoms with Crippen LogP contribution in [0.25, 0.3) is 0 Å². The predicted octanol–water partition coefficient (Wildman–Crippen LogP) is 4.19. The third-order valence-electron chi connectivity index (χ3n) is 5.54. The van der Waals surface area contributed by atoms with Crippen LogP contribution in [0.4, 0.5) is 14.5 Å². The summed E-state index contributed by atoms with van der Waals surface area (Å²) in [5.74, 6) is -1.86. The van der Waals surface area contributed by atoms with Crippen LogP contribution in [0.3, 0.4) is 0 Å². The van der Waals surface area contributed by atoms with E-state index in [0.717, 1.165) is 30.1 Å². The fraction of sp³-hybridized carbons (Fsp3) is 0.435. The van der Waals surface area contributed by atoms with Crippen molar-refractivity contribution in [3.8, 4) is 11.5 Å². The Morgan fingerprint density at radius 3 is 2.53 bits per heavy atom. The second-order valence-corrected chi connectivity index (χ2v) is 8.11. The van der Waals surface area contributed by atoms with E-state index in [1.165, 1.54) is 6.92 Å². The molecule has 160 valence electrons. The number of benzene rings is 2. The van der Waals surface area contributed by atoms with Crippen molar-refractivity contribution in [1.82, 2.24) is 5.32 Å². The average Bonchev–Trinajstić information content (AvgIpc) is 3.29. The van der Waals surface area contributed by atoms with Crippen LogP contribution in [0, 0.1) is 5.92 Å². The number of halogens is 2. The molecule has 1 saturated carbocycles. The van der Waals surface area contributed by atoms with E-state index in [-0.39, 0.29) is 31.1 Å². The van der Waals surface area contributed by atoms with Gasteiger partial charge in [0.15, 0.2) is 0 Å². The lowest BCUT2D eigenvalue weighted by atomic mass is 10.1. The number of nitrogens with zero attached hydrogens (tertiary/aromatic N) is 1. The number of rotatable bonds is 8. The van der Waals surface area contributed by atoms with Crippen LogP contribution in [-0.2, 0) is 4.79 Å². The summed E-state index contributed by atoms with van der Waals surface area (Å²) in [6.07, 6.45) is 0.00340. The maximum atomic E-state index is 13.0. The molecule has 4 rings (SSSR count). The fourth-order valence-electron chi connectivity index (χ4n) is 3.56. The third-order valence-corrected chi connectivity index (χ3v) is 5.54. The Balaban J connectivity index is 1.25. The lowest BCUT2D eigenvalue weighted by molar-refractivity contribution is -0.119. The van der Waals surface area contributed by atoms with Gasteiger partial charge in [0.2, 0.25) is 5.91 Å². The minimum atomic E-state index is -2.56. The largest absolute Gasteiger partial charge is 0.493 e. The summed E-state index contributed by atoms with van der Waals surface area (Å²) in [5.41, 5.74) is 2.02. The minimum absolute atomic E-state index is 0.0450. The van der Waals surface area contributed by atoms with Gasteiger partial charge in [-0.3, -0.25) is 4.79 Å². The summed E-state index contributed by atoms with van der Waals surface area (Å²) in [4.78, 5) is 13.3. The Hall–Kier alpha value is -2.83. The van der Waals surface area contributed by atoms with E-state index in [1.54, 1.807) is 6.07 Å². The molecular formula is C23H26F2N2O3. The Bertz CT molecular complexity index is 898. The molecule has 2 fully saturated rings. The van der Waals surface area contributed by atoms with Crippen LogP contribution in [0.15, 0.2) is 48.5 Å². The van der Waals surface area contributed by atoms with Gasteiger partial charge < -0.3 is 19.7 Å². The molecule has 1 saturated heterocycles. The number of hydrogen-bond acceptors (Lipinski definition) is 4. The van der Waals surface area contributed by atoms with E-state index >= 15 is 0 Å². The van der Waals surface area contributed by atoms with Gasteiger partial charge >= 0.3 is 0 Å². The van der Waals surface area contributed by atoms with Crippen molar-refractivity contribution in [3.63, 3.8) is 0 Å². The average molecular weight is 416 g/mol. The number of amides is 1. The van der Waals surface area contributed by atoms with Crippen LogP contribution in [0.2, 0.25) is 0 Å². The number of carbonyl (C=O) groups is 1. The second-order valence-electron chi connectivity index (χ2n) is 8.11. The summed E-state index contributed by atoms with van der Waals surface area (Å²) in [5, 5.41) is 2.86. The number of ether oxygens (including phenoxy) is 2. The van der Waals surface area contributed by atoms with Crippen molar-refractivity contribution in [3.05, 3.63) is 54.1 Å². The summed E-state index contributed by atoms with van der Waals surface area (Å²) in [6, 6.07) is 15.2. The maximum absolute atomic E-state index is 13.0. The van der Waals surface area contributed by atoms with E-state index in [1.807, 2.05) is 49.4 Å². The van der Waals surface area contributed by atoms with Crippen LogP contribution in [0.1, 0.15) is 31.9 Å². The molecule has 1 heterocycles. The minimum Gasteiger partial charge on any atom is -0.493 e. The first-order chi connectivity index (χ1) is 14.3. The van der Waals surface area contributed by atoms with E-state index in [2.05, 4.69) is 10.2 Å². The quantitative estimate of drug-likeness (QED) is 0.701. The summed E-state index contributed by atoms with van der Waals surface area (Å²) >= 11 is 0. The molecule has 5 nitrogen and oxygen atoms in total. The van der Waals surface area contributed by atoms with Crippen LogP contribution < -0.4 is 19.7 Å². The number of hydrogen-bond donors (Lipinski definition) is 1. The first-order valence-corrected chi connectivity index (χ1v) is 10.2. The van der Waals surface area contributed by atoms with E-state index in [9.17, 15) is 13.6 Å². The molecule has 0 aromatic heterocycles. The monoisotopic (exact) mass is 416 g/mol. The fourth-order valence-corrected chi connectivity index (χ4v) is 3.56. The number of nitrogens with one attached hydrogen (secondary N) is 1. The van der Waals surface area contributed by atoms with Gasteiger partial charge in [-0.25, -0.2) is 8.78 Å². The van der Waals surface area contributed by atoms with Crippen molar-refractivity contribution in [2.75, 3.05) is 24.6 Å². The summed E-state index contributed by atoms with van der Waals surface area (Å²) in [6.45, 7) is 4.99. The van der Waals surface area contributed by atoms with E-state index in [0.29, 0.717) is 5.75 Å². The molecule has 0 radical (unpaired) electrons. The van der Waals surface area contributed by atoms with Crippen LogP contribution in [0.5, 0.6) is 11.5 Å². The Morgan fingerprint density at radius 2 is 1.90 bits per heavy atom. The van der Waals surface area contributed by atoms with Gasteiger partial charge in [-0.2, -0.15) is 0 Å². The van der Waals surface area contributed by atoms with Gasteiger partial charge in [0.05, 0.1) is 31.7 Å². The second kappa shape index (κ2) is 8.13. The number of alkyl halides is 2. The lowest BCUT2D eigenvalue weighted by Crippen LogP contribution is -2.54. The van der Waals surface area contributed by atoms with Crippen molar-refractivity contribution >= 4 is 11.6 Å². The molecule has 2 atom stereocenters. The lowest BCUT2D eigenvalue weighted by Gasteiger charge is -2.40. The smallest absolute Gasteiger partial charge is 0.255 e. The zero-order valence-corrected chi connectivity index (χ0v) is 17.1. The highest BCUT2D eigenvalue weighted by molar-refractivity contribution is 5.73. The van der Waals surface area contributed by atoms with E-state index < -0.39 is 11.8 Å². The van der Waals surface area contributed by atoms with Crippen LogP contribution in [-0.4, -0.2) is 37.6 Å². The normalized spacial score (nSPS) is 20.8. The first-order valence-electron chi connectivity index (χ1n) is 10.2. The van der Waals surface area contributed by atoms with Crippen molar-refractivity contribution < 1.29 is 23.0 Å².